The zero-order valence-electron chi connectivity index (χ0n) is 12.0. The van der Waals surface area contributed by atoms with Crippen LogP contribution in [0.15, 0.2) is 0 Å². The molecular formula is C14H21ClN4O. The number of halogens is 1. The lowest BCUT2D eigenvalue weighted by atomic mass is 9.85. The van der Waals surface area contributed by atoms with E-state index in [0.717, 1.165) is 48.9 Å². The average molecular weight is 297 g/mol. The van der Waals surface area contributed by atoms with Crippen LogP contribution in [0.3, 0.4) is 0 Å². The van der Waals surface area contributed by atoms with Gasteiger partial charge in [-0.1, -0.05) is 11.6 Å². The molecule has 2 unspecified atom stereocenters. The van der Waals surface area contributed by atoms with Crippen LogP contribution in [-0.4, -0.2) is 39.7 Å². The Kier molecular flexibility index (Phi) is 3.73. The molecule has 3 heterocycles. The van der Waals surface area contributed by atoms with Gasteiger partial charge >= 0.3 is 0 Å². The Morgan fingerprint density at radius 2 is 2.25 bits per heavy atom. The Morgan fingerprint density at radius 3 is 2.95 bits per heavy atom. The van der Waals surface area contributed by atoms with Crippen molar-refractivity contribution in [2.75, 3.05) is 13.1 Å². The summed E-state index contributed by atoms with van der Waals surface area (Å²) in [4.78, 5) is 13.9. The van der Waals surface area contributed by atoms with E-state index in [2.05, 4.69) is 15.3 Å². The molecule has 0 saturated carbocycles. The molecule has 3 rings (SSSR count). The van der Waals surface area contributed by atoms with E-state index in [1.807, 2.05) is 14.0 Å². The maximum Gasteiger partial charge on any atom is 0.220 e. The molecule has 20 heavy (non-hydrogen) atoms. The fraction of sp³-hybridized carbons (Fsp3) is 0.714. The van der Waals surface area contributed by atoms with E-state index in [-0.39, 0.29) is 5.91 Å². The molecule has 0 spiro atoms. The molecule has 0 radical (unpaired) electrons. The van der Waals surface area contributed by atoms with Gasteiger partial charge in [0.05, 0.1) is 5.69 Å². The molecule has 0 aromatic carbocycles. The third-order valence-corrected chi connectivity index (χ3v) is 5.03. The van der Waals surface area contributed by atoms with Gasteiger partial charge in [0, 0.05) is 44.7 Å². The molecular weight excluding hydrogens is 276 g/mol. The summed E-state index contributed by atoms with van der Waals surface area (Å²) in [6.07, 6.45) is 2.71. The van der Waals surface area contributed by atoms with E-state index < -0.39 is 0 Å². The zero-order valence-corrected chi connectivity index (χ0v) is 12.8. The summed E-state index contributed by atoms with van der Waals surface area (Å²) < 4.78 is 1.74. The quantitative estimate of drug-likeness (QED) is 0.899. The number of fused-ring (bicyclic) bond motifs is 1. The topological polar surface area (TPSA) is 50.2 Å². The SMILES string of the molecule is Cc1nn(C)c(Cl)c1CN1CCC2NC(=O)CCC2C1. The first-order valence-corrected chi connectivity index (χ1v) is 7.62. The number of carbonyl (C=O) groups excluding carboxylic acids is 1. The number of nitrogens with one attached hydrogen (secondary N) is 1. The Morgan fingerprint density at radius 1 is 1.45 bits per heavy atom. The number of rotatable bonds is 2. The first-order valence-electron chi connectivity index (χ1n) is 7.24. The van der Waals surface area contributed by atoms with Gasteiger partial charge in [0.25, 0.3) is 0 Å². The van der Waals surface area contributed by atoms with Crippen molar-refractivity contribution >= 4 is 17.5 Å². The Balaban J connectivity index is 1.66. The van der Waals surface area contributed by atoms with Gasteiger partial charge in [0.15, 0.2) is 0 Å². The van der Waals surface area contributed by atoms with Crippen LogP contribution >= 0.6 is 11.6 Å². The Hall–Kier alpha value is -1.07. The van der Waals surface area contributed by atoms with Crippen LogP contribution < -0.4 is 5.32 Å². The van der Waals surface area contributed by atoms with Crippen LogP contribution in [0, 0.1) is 12.8 Å². The maximum absolute atomic E-state index is 11.4. The van der Waals surface area contributed by atoms with E-state index in [1.54, 1.807) is 4.68 Å². The fourth-order valence-electron chi connectivity index (χ4n) is 3.41. The van der Waals surface area contributed by atoms with Crippen molar-refractivity contribution in [3.8, 4) is 0 Å². The Labute approximate surface area is 124 Å². The highest BCUT2D eigenvalue weighted by atomic mass is 35.5. The summed E-state index contributed by atoms with van der Waals surface area (Å²) >= 11 is 6.31. The molecule has 2 atom stereocenters. The van der Waals surface area contributed by atoms with Gasteiger partial charge < -0.3 is 5.32 Å². The van der Waals surface area contributed by atoms with Gasteiger partial charge in [-0.3, -0.25) is 14.4 Å². The van der Waals surface area contributed by atoms with Gasteiger partial charge in [0.2, 0.25) is 5.91 Å². The van der Waals surface area contributed by atoms with Gasteiger partial charge in [-0.15, -0.1) is 0 Å². The fourth-order valence-corrected chi connectivity index (χ4v) is 3.64. The maximum atomic E-state index is 11.4. The van der Waals surface area contributed by atoms with Crippen LogP contribution in [0.1, 0.15) is 30.5 Å². The van der Waals surface area contributed by atoms with Crippen molar-refractivity contribution in [2.45, 2.75) is 38.8 Å². The highest BCUT2D eigenvalue weighted by Gasteiger charge is 2.34. The van der Waals surface area contributed by atoms with Crippen LogP contribution in [0.25, 0.3) is 0 Å². The second-order valence-electron chi connectivity index (χ2n) is 5.97. The highest BCUT2D eigenvalue weighted by molar-refractivity contribution is 6.30. The zero-order chi connectivity index (χ0) is 14.3. The minimum Gasteiger partial charge on any atom is -0.353 e. The van der Waals surface area contributed by atoms with E-state index in [4.69, 9.17) is 11.6 Å². The molecule has 1 aromatic heterocycles. The molecule has 1 amide bonds. The smallest absolute Gasteiger partial charge is 0.220 e. The van der Waals surface area contributed by atoms with E-state index >= 15 is 0 Å². The van der Waals surface area contributed by atoms with Crippen LogP contribution in [0.4, 0.5) is 0 Å². The third kappa shape index (κ3) is 2.56. The van der Waals surface area contributed by atoms with Crippen molar-refractivity contribution in [3.63, 3.8) is 0 Å². The van der Waals surface area contributed by atoms with Gasteiger partial charge in [-0.05, 0) is 25.7 Å². The first kappa shape index (κ1) is 13.9. The summed E-state index contributed by atoms with van der Waals surface area (Å²) in [5.74, 6) is 0.794. The summed E-state index contributed by atoms with van der Waals surface area (Å²) in [5, 5.41) is 8.23. The number of amides is 1. The van der Waals surface area contributed by atoms with Crippen LogP contribution in [0.2, 0.25) is 5.15 Å². The normalized spacial score (nSPS) is 27.2. The van der Waals surface area contributed by atoms with E-state index in [9.17, 15) is 4.79 Å². The van der Waals surface area contributed by atoms with Crippen molar-refractivity contribution < 1.29 is 4.79 Å². The minimum absolute atomic E-state index is 0.214. The molecule has 2 saturated heterocycles. The average Bonchev–Trinajstić information content (AvgIpc) is 2.65. The third-order valence-electron chi connectivity index (χ3n) is 4.56. The number of hydrogen-bond acceptors (Lipinski definition) is 3. The number of likely N-dealkylation sites (tertiary alicyclic amines) is 1. The number of hydrogen-bond donors (Lipinski definition) is 1. The molecule has 5 nitrogen and oxygen atoms in total. The molecule has 1 N–H and O–H groups in total. The molecule has 2 aliphatic heterocycles. The van der Waals surface area contributed by atoms with E-state index in [0.29, 0.717) is 18.4 Å². The molecule has 0 aliphatic carbocycles. The highest BCUT2D eigenvalue weighted by Crippen LogP contribution is 2.28. The van der Waals surface area contributed by atoms with Crippen molar-refractivity contribution in [2.24, 2.45) is 13.0 Å². The number of carbonyl (C=O) groups is 1. The summed E-state index contributed by atoms with van der Waals surface area (Å²) in [7, 11) is 1.88. The summed E-state index contributed by atoms with van der Waals surface area (Å²) in [6.45, 7) is 4.91. The summed E-state index contributed by atoms with van der Waals surface area (Å²) in [5.41, 5.74) is 2.14. The second-order valence-corrected chi connectivity index (χ2v) is 6.33. The number of nitrogens with zero attached hydrogens (tertiary/aromatic N) is 3. The van der Waals surface area contributed by atoms with Crippen LogP contribution in [0.5, 0.6) is 0 Å². The minimum atomic E-state index is 0.214. The van der Waals surface area contributed by atoms with Crippen molar-refractivity contribution in [1.82, 2.24) is 20.0 Å². The van der Waals surface area contributed by atoms with Gasteiger partial charge in [0.1, 0.15) is 5.15 Å². The van der Waals surface area contributed by atoms with Crippen molar-refractivity contribution in [1.29, 1.82) is 0 Å². The standard InChI is InChI=1S/C14H21ClN4O/c1-9-11(14(15)18(2)17-9)8-19-6-5-12-10(7-19)3-4-13(20)16-12/h10,12H,3-8H2,1-2H3,(H,16,20). The number of aromatic nitrogens is 2. The number of piperidine rings is 2. The first-order chi connectivity index (χ1) is 9.54. The lowest BCUT2D eigenvalue weighted by Crippen LogP contribution is -2.53. The predicted octanol–water partition coefficient (Wildman–Crippen LogP) is 1.48. The molecule has 0 bridgehead atoms. The molecule has 1 aromatic rings. The predicted molar refractivity (Wildman–Crippen MR) is 77.5 cm³/mol. The molecule has 2 fully saturated rings. The van der Waals surface area contributed by atoms with Gasteiger partial charge in [-0.2, -0.15) is 5.10 Å². The van der Waals surface area contributed by atoms with Crippen LogP contribution in [-0.2, 0) is 18.4 Å². The number of aryl methyl sites for hydroxylation is 2. The lowest BCUT2D eigenvalue weighted by Gasteiger charge is -2.41. The largest absolute Gasteiger partial charge is 0.353 e. The van der Waals surface area contributed by atoms with Crippen molar-refractivity contribution in [3.05, 3.63) is 16.4 Å². The Bertz CT molecular complexity index is 527. The van der Waals surface area contributed by atoms with E-state index in [1.165, 1.54) is 0 Å². The second kappa shape index (κ2) is 5.37. The monoisotopic (exact) mass is 296 g/mol. The lowest BCUT2D eigenvalue weighted by molar-refractivity contribution is -0.125. The summed E-state index contributed by atoms with van der Waals surface area (Å²) in [6, 6.07) is 0.373. The van der Waals surface area contributed by atoms with Gasteiger partial charge in [-0.25, -0.2) is 0 Å². The molecule has 2 aliphatic rings. The molecule has 110 valence electrons. The molecule has 6 heteroatoms.